The zero-order chi connectivity index (χ0) is 22.9. The van der Waals surface area contributed by atoms with Crippen LogP contribution in [0.5, 0.6) is 5.75 Å². The van der Waals surface area contributed by atoms with Crippen LogP contribution in [0.1, 0.15) is 28.9 Å². The van der Waals surface area contributed by atoms with E-state index >= 15 is 0 Å². The highest BCUT2D eigenvalue weighted by atomic mass is 127. The summed E-state index contributed by atoms with van der Waals surface area (Å²) in [4.78, 5) is 8.89. The normalized spacial score (nSPS) is 15.6. The SMILES string of the molecule is CN=C(NCc1ccc(C)cc1OC1CCOC1)NCc1nccn1CCc1ccccc1.I. The maximum Gasteiger partial charge on any atom is 0.191 e. The van der Waals surface area contributed by atoms with Gasteiger partial charge >= 0.3 is 0 Å². The van der Waals surface area contributed by atoms with E-state index in [1.165, 1.54) is 11.1 Å². The first-order valence-corrected chi connectivity index (χ1v) is 11.5. The van der Waals surface area contributed by atoms with E-state index in [1.54, 1.807) is 7.05 Å². The molecule has 1 aliphatic rings. The van der Waals surface area contributed by atoms with Crippen LogP contribution in [0.3, 0.4) is 0 Å². The maximum atomic E-state index is 6.21. The van der Waals surface area contributed by atoms with Crippen molar-refractivity contribution in [2.24, 2.45) is 4.99 Å². The third-order valence-corrected chi connectivity index (χ3v) is 5.77. The Kier molecular flexibility index (Phi) is 10.2. The predicted octanol–water partition coefficient (Wildman–Crippen LogP) is 4.09. The molecule has 1 atom stereocenters. The van der Waals surface area contributed by atoms with Crippen LogP contribution in [0, 0.1) is 6.92 Å². The highest BCUT2D eigenvalue weighted by Crippen LogP contribution is 2.23. The van der Waals surface area contributed by atoms with Crippen LogP contribution in [0.2, 0.25) is 0 Å². The van der Waals surface area contributed by atoms with Gasteiger partial charge < -0.3 is 24.7 Å². The highest BCUT2D eigenvalue weighted by Gasteiger charge is 2.19. The fraction of sp³-hybridized carbons (Fsp3) is 0.385. The number of nitrogens with one attached hydrogen (secondary N) is 2. The summed E-state index contributed by atoms with van der Waals surface area (Å²) in [6, 6.07) is 16.8. The molecule has 34 heavy (non-hydrogen) atoms. The number of hydrogen-bond acceptors (Lipinski definition) is 4. The van der Waals surface area contributed by atoms with Crippen LogP contribution in [-0.4, -0.2) is 41.9 Å². The number of rotatable bonds is 9. The van der Waals surface area contributed by atoms with Gasteiger partial charge in [-0.1, -0.05) is 42.5 Å². The second kappa shape index (κ2) is 13.3. The molecule has 0 radical (unpaired) electrons. The monoisotopic (exact) mass is 575 g/mol. The first kappa shape index (κ1) is 26.0. The van der Waals surface area contributed by atoms with Crippen molar-refractivity contribution >= 4 is 29.9 Å². The lowest BCUT2D eigenvalue weighted by Crippen LogP contribution is -2.37. The van der Waals surface area contributed by atoms with E-state index in [4.69, 9.17) is 9.47 Å². The Balaban J connectivity index is 0.00000324. The summed E-state index contributed by atoms with van der Waals surface area (Å²) in [5.41, 5.74) is 3.60. The van der Waals surface area contributed by atoms with Crippen molar-refractivity contribution in [3.63, 3.8) is 0 Å². The largest absolute Gasteiger partial charge is 0.488 e. The lowest BCUT2D eigenvalue weighted by Gasteiger charge is -2.18. The van der Waals surface area contributed by atoms with Gasteiger partial charge in [0.15, 0.2) is 5.96 Å². The van der Waals surface area contributed by atoms with Crippen molar-refractivity contribution < 1.29 is 9.47 Å². The van der Waals surface area contributed by atoms with E-state index in [2.05, 4.69) is 74.6 Å². The molecule has 0 spiro atoms. The fourth-order valence-electron chi connectivity index (χ4n) is 3.87. The number of aryl methyl sites for hydroxylation is 3. The van der Waals surface area contributed by atoms with Crippen molar-refractivity contribution in [1.82, 2.24) is 20.2 Å². The summed E-state index contributed by atoms with van der Waals surface area (Å²) in [5.74, 6) is 2.61. The molecule has 1 unspecified atom stereocenters. The molecule has 2 aromatic carbocycles. The third kappa shape index (κ3) is 7.46. The molecule has 3 aromatic rings. The molecular weight excluding hydrogens is 541 g/mol. The summed E-state index contributed by atoms with van der Waals surface area (Å²) < 4.78 is 13.9. The molecule has 2 heterocycles. The molecule has 7 nitrogen and oxygen atoms in total. The highest BCUT2D eigenvalue weighted by molar-refractivity contribution is 14.0. The average molecular weight is 575 g/mol. The minimum Gasteiger partial charge on any atom is -0.488 e. The van der Waals surface area contributed by atoms with E-state index in [0.717, 1.165) is 49.1 Å². The summed E-state index contributed by atoms with van der Waals surface area (Å²) in [7, 11) is 1.78. The molecule has 4 rings (SSSR count). The number of benzene rings is 2. The molecular formula is C26H34IN5O2. The van der Waals surface area contributed by atoms with Crippen LogP contribution in [0.25, 0.3) is 0 Å². The summed E-state index contributed by atoms with van der Waals surface area (Å²) in [6.45, 7) is 5.60. The Morgan fingerprint density at radius 3 is 2.76 bits per heavy atom. The van der Waals surface area contributed by atoms with Gasteiger partial charge in [-0.15, -0.1) is 24.0 Å². The second-order valence-electron chi connectivity index (χ2n) is 8.27. The Hall–Kier alpha value is -2.59. The molecule has 1 saturated heterocycles. The molecule has 182 valence electrons. The van der Waals surface area contributed by atoms with Gasteiger partial charge in [0.2, 0.25) is 0 Å². The van der Waals surface area contributed by atoms with Gasteiger partial charge in [-0.25, -0.2) is 4.98 Å². The summed E-state index contributed by atoms with van der Waals surface area (Å²) >= 11 is 0. The zero-order valence-corrected chi connectivity index (χ0v) is 22.2. The Morgan fingerprint density at radius 2 is 2.00 bits per heavy atom. The number of hydrogen-bond donors (Lipinski definition) is 2. The molecule has 0 bridgehead atoms. The van der Waals surface area contributed by atoms with Crippen molar-refractivity contribution in [3.05, 3.63) is 83.4 Å². The average Bonchev–Trinajstić information content (AvgIpc) is 3.51. The van der Waals surface area contributed by atoms with Gasteiger partial charge in [-0.3, -0.25) is 4.99 Å². The van der Waals surface area contributed by atoms with Gasteiger partial charge in [-0.2, -0.15) is 0 Å². The van der Waals surface area contributed by atoms with Crippen molar-refractivity contribution in [2.45, 2.75) is 45.5 Å². The maximum absolute atomic E-state index is 6.21. The number of ether oxygens (including phenoxy) is 2. The molecule has 0 amide bonds. The third-order valence-electron chi connectivity index (χ3n) is 5.77. The van der Waals surface area contributed by atoms with Crippen LogP contribution >= 0.6 is 24.0 Å². The van der Waals surface area contributed by atoms with Crippen LogP contribution in [-0.2, 0) is 30.8 Å². The minimum atomic E-state index is 0. The standard InChI is InChI=1S/C26H33N5O2.HI/c1-20-8-9-22(24(16-20)33-23-11-15-32-19-23)17-29-26(27-2)30-18-25-28-12-14-31(25)13-10-21-6-4-3-5-7-21;/h3-9,12,14,16,23H,10-11,13,15,17-19H2,1-2H3,(H2,27,29,30);1H. The Labute approximate surface area is 219 Å². The number of aromatic nitrogens is 2. The molecule has 0 saturated carbocycles. The number of imidazole rings is 1. The van der Waals surface area contributed by atoms with Crippen molar-refractivity contribution in [2.75, 3.05) is 20.3 Å². The van der Waals surface area contributed by atoms with E-state index in [0.29, 0.717) is 19.7 Å². The zero-order valence-electron chi connectivity index (χ0n) is 19.9. The molecule has 8 heteroatoms. The minimum absolute atomic E-state index is 0. The predicted molar refractivity (Wildman–Crippen MR) is 146 cm³/mol. The first-order valence-electron chi connectivity index (χ1n) is 11.5. The van der Waals surface area contributed by atoms with E-state index in [9.17, 15) is 0 Å². The number of guanidine groups is 1. The van der Waals surface area contributed by atoms with Gasteiger partial charge in [0.05, 0.1) is 19.8 Å². The molecule has 1 aliphatic heterocycles. The van der Waals surface area contributed by atoms with Crippen LogP contribution in [0.4, 0.5) is 0 Å². The quantitative estimate of drug-likeness (QED) is 0.229. The van der Waals surface area contributed by atoms with Crippen LogP contribution in [0.15, 0.2) is 65.9 Å². The molecule has 2 N–H and O–H groups in total. The smallest absolute Gasteiger partial charge is 0.191 e. The number of nitrogens with zero attached hydrogens (tertiary/aromatic N) is 3. The van der Waals surface area contributed by atoms with E-state index in [-0.39, 0.29) is 30.1 Å². The fourth-order valence-corrected chi connectivity index (χ4v) is 3.87. The molecule has 1 aromatic heterocycles. The van der Waals surface area contributed by atoms with Gasteiger partial charge in [0.25, 0.3) is 0 Å². The number of aliphatic imine (C=N–C) groups is 1. The first-order chi connectivity index (χ1) is 16.2. The lowest BCUT2D eigenvalue weighted by atomic mass is 10.1. The lowest BCUT2D eigenvalue weighted by molar-refractivity contribution is 0.140. The summed E-state index contributed by atoms with van der Waals surface area (Å²) in [5, 5.41) is 6.78. The van der Waals surface area contributed by atoms with Crippen LogP contribution < -0.4 is 15.4 Å². The number of halogens is 1. The van der Waals surface area contributed by atoms with Crippen molar-refractivity contribution in [1.29, 1.82) is 0 Å². The van der Waals surface area contributed by atoms with Gasteiger partial charge in [-0.05, 0) is 30.5 Å². The van der Waals surface area contributed by atoms with Gasteiger partial charge in [0, 0.05) is 44.5 Å². The van der Waals surface area contributed by atoms with Gasteiger partial charge in [0.1, 0.15) is 17.7 Å². The summed E-state index contributed by atoms with van der Waals surface area (Å²) in [6.07, 6.45) is 5.90. The molecule has 1 fully saturated rings. The van der Waals surface area contributed by atoms with E-state index in [1.807, 2.05) is 18.5 Å². The van der Waals surface area contributed by atoms with Crippen molar-refractivity contribution in [3.8, 4) is 5.75 Å². The van der Waals surface area contributed by atoms with E-state index < -0.39 is 0 Å². The molecule has 0 aliphatic carbocycles. The topological polar surface area (TPSA) is 72.7 Å². The second-order valence-corrected chi connectivity index (χ2v) is 8.27. The Morgan fingerprint density at radius 1 is 1.18 bits per heavy atom. The Bertz CT molecular complexity index is 1050.